The summed E-state index contributed by atoms with van der Waals surface area (Å²) in [6.45, 7) is 3.72. The minimum absolute atomic E-state index is 0.0344. The van der Waals surface area contributed by atoms with Crippen LogP contribution in [0.4, 0.5) is 0 Å². The second-order valence-electron chi connectivity index (χ2n) is 6.85. The molecule has 0 aliphatic rings. The number of halogens is 1. The molecule has 0 aliphatic heterocycles. The summed E-state index contributed by atoms with van der Waals surface area (Å²) in [6, 6.07) is 5.38. The highest BCUT2D eigenvalue weighted by Crippen LogP contribution is 2.27. The van der Waals surface area contributed by atoms with Crippen LogP contribution in [0.5, 0.6) is 0 Å². The van der Waals surface area contributed by atoms with Crippen molar-refractivity contribution in [2.45, 2.75) is 26.0 Å². The van der Waals surface area contributed by atoms with E-state index in [1.807, 2.05) is 6.07 Å². The first-order valence-electron chi connectivity index (χ1n) is 8.57. The lowest BCUT2D eigenvalue weighted by Gasteiger charge is -2.13. The molecule has 3 aromatic heterocycles. The van der Waals surface area contributed by atoms with Crippen LogP contribution in [-0.4, -0.2) is 42.9 Å². The monoisotopic (exact) mass is 403 g/mol. The van der Waals surface area contributed by atoms with Gasteiger partial charge in [0.2, 0.25) is 5.82 Å². The van der Waals surface area contributed by atoms with Gasteiger partial charge >= 0.3 is 0 Å². The van der Waals surface area contributed by atoms with Gasteiger partial charge < -0.3 is 18.9 Å². The molecule has 146 valence electrons. The van der Waals surface area contributed by atoms with E-state index in [1.165, 1.54) is 20.2 Å². The summed E-state index contributed by atoms with van der Waals surface area (Å²) in [6.07, 6.45) is 1.52. The van der Waals surface area contributed by atoms with Crippen LogP contribution >= 0.6 is 11.6 Å². The molecule has 4 rings (SSSR count). The summed E-state index contributed by atoms with van der Waals surface area (Å²) in [7, 11) is 1.56. The molecule has 9 nitrogen and oxygen atoms in total. The van der Waals surface area contributed by atoms with E-state index in [0.29, 0.717) is 29.2 Å². The maximum absolute atomic E-state index is 13.3. The number of ether oxygens (including phenoxy) is 1. The second kappa shape index (κ2) is 6.69. The van der Waals surface area contributed by atoms with Gasteiger partial charge in [0.05, 0.1) is 22.7 Å². The van der Waals surface area contributed by atoms with Gasteiger partial charge in [-0.2, -0.15) is 4.98 Å². The average molecular weight is 404 g/mol. The van der Waals surface area contributed by atoms with E-state index in [9.17, 15) is 9.90 Å². The van der Waals surface area contributed by atoms with Crippen molar-refractivity contribution in [2.24, 2.45) is 0 Å². The van der Waals surface area contributed by atoms with Crippen molar-refractivity contribution in [3.63, 3.8) is 0 Å². The lowest BCUT2D eigenvalue weighted by Crippen LogP contribution is -2.25. The molecule has 0 aliphatic carbocycles. The largest absolute Gasteiger partial charge is 0.383 e. The molecule has 10 heteroatoms. The molecule has 0 amide bonds. The zero-order valence-corrected chi connectivity index (χ0v) is 16.3. The molecule has 0 atom stereocenters. The summed E-state index contributed by atoms with van der Waals surface area (Å²) < 4.78 is 13.5. The molecule has 0 saturated carbocycles. The normalized spacial score (nSPS) is 12.3. The van der Waals surface area contributed by atoms with Gasteiger partial charge in [-0.15, -0.1) is 0 Å². The molecule has 0 spiro atoms. The molecule has 1 aromatic carbocycles. The summed E-state index contributed by atoms with van der Waals surface area (Å²) >= 11 is 6.39. The Bertz CT molecular complexity index is 1230. The molecule has 0 fully saturated rings. The number of nitrogens with zero attached hydrogens (tertiary/aromatic N) is 5. The molecular formula is C18H18ClN5O4. The Balaban J connectivity index is 2.04. The van der Waals surface area contributed by atoms with E-state index in [1.54, 1.807) is 28.2 Å². The number of benzene rings is 1. The maximum atomic E-state index is 13.3. The zero-order chi connectivity index (χ0) is 20.1. The number of methoxy groups -OCH3 is 1. The number of aliphatic hydroxyl groups is 1. The molecule has 0 saturated heterocycles. The van der Waals surface area contributed by atoms with Crippen LogP contribution in [0.2, 0.25) is 5.02 Å². The van der Waals surface area contributed by atoms with Crippen molar-refractivity contribution in [3.05, 3.63) is 45.8 Å². The Labute approximate surface area is 164 Å². The number of para-hydroxylation sites is 1. The molecule has 0 radical (unpaired) electrons. The summed E-state index contributed by atoms with van der Waals surface area (Å²) in [5.74, 6) is 0.156. The zero-order valence-electron chi connectivity index (χ0n) is 15.5. The lowest BCUT2D eigenvalue weighted by atomic mass is 10.1. The van der Waals surface area contributed by atoms with Crippen molar-refractivity contribution in [2.75, 3.05) is 13.7 Å². The molecule has 1 N–H and O–H groups in total. The van der Waals surface area contributed by atoms with E-state index in [2.05, 4.69) is 15.1 Å². The summed E-state index contributed by atoms with van der Waals surface area (Å²) in [4.78, 5) is 21.8. The Morgan fingerprint density at radius 2 is 2.11 bits per heavy atom. The van der Waals surface area contributed by atoms with E-state index in [-0.39, 0.29) is 28.5 Å². The molecule has 28 heavy (non-hydrogen) atoms. The van der Waals surface area contributed by atoms with Crippen molar-refractivity contribution in [1.82, 2.24) is 24.1 Å². The van der Waals surface area contributed by atoms with Crippen molar-refractivity contribution >= 4 is 28.2 Å². The highest BCUT2D eigenvalue weighted by atomic mass is 35.5. The van der Waals surface area contributed by atoms with Crippen LogP contribution in [0.25, 0.3) is 28.1 Å². The highest BCUT2D eigenvalue weighted by molar-refractivity contribution is 6.35. The highest BCUT2D eigenvalue weighted by Gasteiger charge is 2.27. The number of hydrogen-bond acceptors (Lipinski definition) is 7. The predicted octanol–water partition coefficient (Wildman–Crippen LogP) is 2.23. The van der Waals surface area contributed by atoms with Gasteiger partial charge in [-0.05, 0) is 26.0 Å². The average Bonchev–Trinajstić information content (AvgIpc) is 3.29. The lowest BCUT2D eigenvalue weighted by molar-refractivity contribution is 0.0420. The number of aromatic nitrogens is 5. The van der Waals surface area contributed by atoms with Crippen LogP contribution in [0.15, 0.2) is 33.8 Å². The predicted molar refractivity (Wildman–Crippen MR) is 102 cm³/mol. The van der Waals surface area contributed by atoms with Gasteiger partial charge in [0.1, 0.15) is 23.1 Å². The number of hydrogen-bond donors (Lipinski definition) is 1. The fourth-order valence-corrected chi connectivity index (χ4v) is 3.33. The van der Waals surface area contributed by atoms with Gasteiger partial charge in [-0.25, -0.2) is 4.98 Å². The Kier molecular flexibility index (Phi) is 4.45. The Morgan fingerprint density at radius 1 is 1.32 bits per heavy atom. The molecule has 0 bridgehead atoms. The number of rotatable bonds is 5. The third-order valence-electron chi connectivity index (χ3n) is 4.39. The van der Waals surface area contributed by atoms with E-state index in [4.69, 9.17) is 20.9 Å². The van der Waals surface area contributed by atoms with Gasteiger partial charge in [0, 0.05) is 13.7 Å². The molecule has 3 heterocycles. The third-order valence-corrected chi connectivity index (χ3v) is 4.70. The van der Waals surface area contributed by atoms with Gasteiger partial charge in [0.25, 0.3) is 11.4 Å². The first-order chi connectivity index (χ1) is 13.3. The van der Waals surface area contributed by atoms with Gasteiger partial charge in [-0.1, -0.05) is 22.8 Å². The first kappa shape index (κ1) is 18.6. The van der Waals surface area contributed by atoms with Crippen molar-refractivity contribution < 1.29 is 14.4 Å². The molecular weight excluding hydrogens is 386 g/mol. The van der Waals surface area contributed by atoms with E-state index < -0.39 is 5.60 Å². The van der Waals surface area contributed by atoms with Crippen LogP contribution in [-0.2, 0) is 16.9 Å². The van der Waals surface area contributed by atoms with E-state index in [0.717, 1.165) is 0 Å². The van der Waals surface area contributed by atoms with Crippen molar-refractivity contribution in [3.8, 4) is 11.5 Å². The third kappa shape index (κ3) is 2.88. The molecule has 4 aromatic rings. The fraction of sp³-hybridized carbons (Fsp3) is 0.333. The van der Waals surface area contributed by atoms with E-state index >= 15 is 0 Å². The smallest absolute Gasteiger partial charge is 0.277 e. The number of fused-ring (bicyclic) bond motifs is 3. The van der Waals surface area contributed by atoms with Crippen LogP contribution in [0.1, 0.15) is 19.7 Å². The van der Waals surface area contributed by atoms with Gasteiger partial charge in [0.15, 0.2) is 0 Å². The first-order valence-corrected chi connectivity index (χ1v) is 8.94. The van der Waals surface area contributed by atoms with Crippen LogP contribution in [0.3, 0.4) is 0 Å². The SMILES string of the molecule is COCCn1c(=O)c2c(-c3noc(C(C)(C)O)n3)ncn2c2cccc(Cl)c21. The van der Waals surface area contributed by atoms with Crippen LogP contribution in [0, 0.1) is 0 Å². The quantitative estimate of drug-likeness (QED) is 0.544. The minimum Gasteiger partial charge on any atom is -0.383 e. The standard InChI is InChI=1S/C18H18ClN5O4/c1-18(2,26)17-21-15(22-28-17)12-14-16(25)23(7-8-27-3)13-10(19)5-4-6-11(13)24(14)9-20-12/h4-6,9,26H,7-8H2,1-3H3. The summed E-state index contributed by atoms with van der Waals surface area (Å²) in [5, 5.41) is 14.4. The maximum Gasteiger partial charge on any atom is 0.277 e. The fourth-order valence-electron chi connectivity index (χ4n) is 3.06. The Hall–Kier alpha value is -2.75. The topological polar surface area (TPSA) is 108 Å². The minimum atomic E-state index is -1.31. The number of imidazole rings is 1. The summed E-state index contributed by atoms with van der Waals surface area (Å²) in [5.41, 5.74) is 0.238. The molecule has 0 unspecified atom stereocenters. The second-order valence-corrected chi connectivity index (χ2v) is 7.26. The van der Waals surface area contributed by atoms with Gasteiger partial charge in [-0.3, -0.25) is 9.20 Å². The van der Waals surface area contributed by atoms with Crippen LogP contribution < -0.4 is 5.56 Å². The van der Waals surface area contributed by atoms with Crippen molar-refractivity contribution in [1.29, 1.82) is 0 Å². The Morgan fingerprint density at radius 3 is 2.79 bits per heavy atom.